The predicted octanol–water partition coefficient (Wildman–Crippen LogP) is -0.433. The van der Waals surface area contributed by atoms with E-state index in [2.05, 4.69) is 0 Å². The van der Waals surface area contributed by atoms with E-state index in [0.29, 0.717) is 5.69 Å². The van der Waals surface area contributed by atoms with Crippen LogP contribution in [0.25, 0.3) is 0 Å². The summed E-state index contributed by atoms with van der Waals surface area (Å²) in [4.78, 5) is 10.4. The molecule has 1 heterocycles. The SMILES string of the molecule is Cn1cc(C(=O)O)cc1CO.[NaH]. The molecule has 0 aliphatic heterocycles. The van der Waals surface area contributed by atoms with E-state index >= 15 is 0 Å². The van der Waals surface area contributed by atoms with E-state index in [1.807, 2.05) is 0 Å². The summed E-state index contributed by atoms with van der Waals surface area (Å²) in [5.41, 5.74) is 0.805. The van der Waals surface area contributed by atoms with Crippen LogP contribution in [0.5, 0.6) is 0 Å². The molecule has 2 N–H and O–H groups in total. The van der Waals surface area contributed by atoms with Crippen LogP contribution in [0, 0.1) is 0 Å². The Kier molecular flexibility index (Phi) is 4.55. The van der Waals surface area contributed by atoms with Crippen LogP contribution >= 0.6 is 0 Å². The second-order valence-electron chi connectivity index (χ2n) is 2.29. The number of rotatable bonds is 2. The second kappa shape index (κ2) is 4.67. The minimum absolute atomic E-state index is 0. The average Bonchev–Trinajstić information content (AvgIpc) is 2.31. The van der Waals surface area contributed by atoms with Crippen LogP contribution in [0.15, 0.2) is 12.3 Å². The number of hydrogen-bond donors (Lipinski definition) is 2. The Balaban J connectivity index is 0.00000121. The Bertz CT molecular complexity index is 282. The molecule has 4 nitrogen and oxygen atoms in total. The minimum atomic E-state index is -0.972. The van der Waals surface area contributed by atoms with Crippen LogP contribution in [0.1, 0.15) is 16.1 Å². The monoisotopic (exact) mass is 179 g/mol. The Hall–Kier alpha value is -0.290. The fourth-order valence-electron chi connectivity index (χ4n) is 0.884. The van der Waals surface area contributed by atoms with Gasteiger partial charge in [-0.2, -0.15) is 0 Å². The molecule has 0 spiro atoms. The first-order chi connectivity index (χ1) is 5.15. The van der Waals surface area contributed by atoms with Crippen molar-refractivity contribution in [2.45, 2.75) is 6.61 Å². The van der Waals surface area contributed by atoms with Crippen molar-refractivity contribution in [3.05, 3.63) is 23.5 Å². The van der Waals surface area contributed by atoms with Gasteiger partial charge >= 0.3 is 35.5 Å². The standard InChI is InChI=1S/C7H9NO3.Na.H/c1-8-3-5(7(10)11)2-6(8)4-9;;/h2-3,9H,4H2,1H3,(H,10,11);;. The molecule has 0 radical (unpaired) electrons. The van der Waals surface area contributed by atoms with Crippen molar-refractivity contribution in [1.29, 1.82) is 0 Å². The Labute approximate surface area is 92.1 Å². The zero-order valence-electron chi connectivity index (χ0n) is 6.11. The van der Waals surface area contributed by atoms with Gasteiger partial charge in [-0.3, -0.25) is 0 Å². The molecule has 0 aromatic carbocycles. The Morgan fingerprint density at radius 3 is 2.50 bits per heavy atom. The van der Waals surface area contributed by atoms with Gasteiger partial charge in [0.05, 0.1) is 12.2 Å². The molecule has 0 aliphatic carbocycles. The van der Waals surface area contributed by atoms with Gasteiger partial charge < -0.3 is 14.8 Å². The first kappa shape index (κ1) is 11.7. The van der Waals surface area contributed by atoms with Gasteiger partial charge in [0.15, 0.2) is 0 Å². The first-order valence-corrected chi connectivity index (χ1v) is 3.14. The zero-order chi connectivity index (χ0) is 8.43. The molecule has 0 aliphatic rings. The maximum absolute atomic E-state index is 10.4. The Morgan fingerprint density at radius 2 is 2.25 bits per heavy atom. The third kappa shape index (κ3) is 2.35. The van der Waals surface area contributed by atoms with Crippen LogP contribution in [-0.4, -0.2) is 50.3 Å². The summed E-state index contributed by atoms with van der Waals surface area (Å²) in [6, 6.07) is 1.45. The molecule has 0 saturated carbocycles. The van der Waals surface area contributed by atoms with E-state index in [-0.39, 0.29) is 41.7 Å². The van der Waals surface area contributed by atoms with Crippen molar-refractivity contribution >= 4 is 35.5 Å². The number of aliphatic hydroxyl groups is 1. The first-order valence-electron chi connectivity index (χ1n) is 3.14. The van der Waals surface area contributed by atoms with Crippen molar-refractivity contribution < 1.29 is 15.0 Å². The van der Waals surface area contributed by atoms with E-state index in [0.717, 1.165) is 0 Å². The number of carbonyl (C=O) groups is 1. The van der Waals surface area contributed by atoms with E-state index in [9.17, 15) is 4.79 Å². The molecule has 0 saturated heterocycles. The van der Waals surface area contributed by atoms with Crippen molar-refractivity contribution in [2.75, 3.05) is 0 Å². The number of aromatic carboxylic acids is 1. The summed E-state index contributed by atoms with van der Waals surface area (Å²) in [6.45, 7) is -0.135. The number of nitrogens with zero attached hydrogens (tertiary/aromatic N) is 1. The summed E-state index contributed by atoms with van der Waals surface area (Å²) in [6.07, 6.45) is 1.47. The average molecular weight is 179 g/mol. The van der Waals surface area contributed by atoms with E-state index in [4.69, 9.17) is 10.2 Å². The predicted molar refractivity (Wildman–Crippen MR) is 45.4 cm³/mol. The molecule has 1 rings (SSSR count). The number of aliphatic hydroxyl groups excluding tert-OH is 1. The molecule has 0 unspecified atom stereocenters. The molecular weight excluding hydrogens is 169 g/mol. The third-order valence-electron chi connectivity index (χ3n) is 1.52. The van der Waals surface area contributed by atoms with Gasteiger partial charge in [-0.05, 0) is 6.07 Å². The van der Waals surface area contributed by atoms with Gasteiger partial charge in [-0.1, -0.05) is 0 Å². The summed E-state index contributed by atoms with van der Waals surface area (Å²) in [7, 11) is 1.69. The molecule has 0 atom stereocenters. The van der Waals surface area contributed by atoms with Crippen LogP contribution in [0.3, 0.4) is 0 Å². The summed E-state index contributed by atoms with van der Waals surface area (Å²) in [5.74, 6) is -0.972. The summed E-state index contributed by atoms with van der Waals surface area (Å²) < 4.78 is 1.59. The molecule has 12 heavy (non-hydrogen) atoms. The molecule has 0 fully saturated rings. The van der Waals surface area contributed by atoms with Crippen LogP contribution in [0.2, 0.25) is 0 Å². The molecule has 1 aromatic rings. The third-order valence-corrected chi connectivity index (χ3v) is 1.52. The van der Waals surface area contributed by atoms with Crippen molar-refractivity contribution in [2.24, 2.45) is 7.05 Å². The quantitative estimate of drug-likeness (QED) is 0.605. The van der Waals surface area contributed by atoms with Crippen LogP contribution in [0.4, 0.5) is 0 Å². The second-order valence-corrected chi connectivity index (χ2v) is 2.29. The van der Waals surface area contributed by atoms with Crippen molar-refractivity contribution in [3.8, 4) is 0 Å². The van der Waals surface area contributed by atoms with Crippen LogP contribution < -0.4 is 0 Å². The molecule has 0 bridgehead atoms. The molecular formula is C7H10NNaO3. The maximum atomic E-state index is 10.4. The number of carboxylic acid groups (broad SMARTS) is 1. The summed E-state index contributed by atoms with van der Waals surface area (Å²) >= 11 is 0. The molecule has 5 heteroatoms. The van der Waals surface area contributed by atoms with Crippen LogP contribution in [-0.2, 0) is 13.7 Å². The number of aromatic nitrogens is 1. The van der Waals surface area contributed by atoms with Gasteiger partial charge in [0.2, 0.25) is 0 Å². The van der Waals surface area contributed by atoms with Crippen molar-refractivity contribution in [3.63, 3.8) is 0 Å². The van der Waals surface area contributed by atoms with E-state index in [1.165, 1.54) is 12.3 Å². The molecule has 1 aromatic heterocycles. The molecule has 0 amide bonds. The number of aryl methyl sites for hydroxylation is 1. The zero-order valence-corrected chi connectivity index (χ0v) is 6.11. The van der Waals surface area contributed by atoms with E-state index < -0.39 is 5.97 Å². The number of carboxylic acids is 1. The summed E-state index contributed by atoms with van der Waals surface area (Å²) in [5, 5.41) is 17.2. The number of hydrogen-bond acceptors (Lipinski definition) is 2. The Morgan fingerprint density at radius 1 is 1.67 bits per heavy atom. The fraction of sp³-hybridized carbons (Fsp3) is 0.286. The van der Waals surface area contributed by atoms with Gasteiger partial charge in [-0.15, -0.1) is 0 Å². The van der Waals surface area contributed by atoms with Gasteiger partial charge in [-0.25, -0.2) is 4.79 Å². The van der Waals surface area contributed by atoms with Crippen molar-refractivity contribution in [1.82, 2.24) is 4.57 Å². The van der Waals surface area contributed by atoms with E-state index in [1.54, 1.807) is 11.6 Å². The topological polar surface area (TPSA) is 62.5 Å². The van der Waals surface area contributed by atoms with Gasteiger partial charge in [0.1, 0.15) is 0 Å². The molecule has 62 valence electrons. The van der Waals surface area contributed by atoms with Gasteiger partial charge in [0.25, 0.3) is 0 Å². The van der Waals surface area contributed by atoms with Gasteiger partial charge in [0, 0.05) is 18.9 Å². The normalized spacial score (nSPS) is 9.17. The fourth-order valence-corrected chi connectivity index (χ4v) is 0.884.